The summed E-state index contributed by atoms with van der Waals surface area (Å²) in [5.41, 5.74) is 0. The van der Waals surface area contributed by atoms with Gasteiger partial charge in [0.15, 0.2) is 6.10 Å². The van der Waals surface area contributed by atoms with Gasteiger partial charge in [0.25, 0.3) is 0 Å². The van der Waals surface area contributed by atoms with Gasteiger partial charge in [0, 0.05) is 19.3 Å². The van der Waals surface area contributed by atoms with E-state index in [1.54, 1.807) is 0 Å². The molecule has 0 aliphatic heterocycles. The van der Waals surface area contributed by atoms with Gasteiger partial charge >= 0.3 is 17.9 Å². The van der Waals surface area contributed by atoms with Crippen LogP contribution in [0.3, 0.4) is 0 Å². The van der Waals surface area contributed by atoms with E-state index in [1.165, 1.54) is 212 Å². The Bertz CT molecular complexity index is 1230. The Morgan fingerprint density at radius 2 is 0.507 bits per heavy atom. The lowest BCUT2D eigenvalue weighted by atomic mass is 10.0. The zero-order chi connectivity index (χ0) is 51.4. The molecule has 6 nitrogen and oxygen atoms in total. The summed E-state index contributed by atoms with van der Waals surface area (Å²) in [6, 6.07) is 0. The zero-order valence-electron chi connectivity index (χ0n) is 47.5. The Morgan fingerprint density at radius 1 is 0.282 bits per heavy atom. The third kappa shape index (κ3) is 58.1. The Labute approximate surface area is 441 Å². The number of ether oxygens (including phenoxy) is 3. The SMILES string of the molecule is CCCCCCC/C=C\C/C=C\C/C=C\CCCCCCCCCCC(=O)OCC(COC(=O)CCCCCCCCCCCCCCC)OC(=O)CCCCCCCCC/C=C\CCCCCCCC. The number of hydrogen-bond acceptors (Lipinski definition) is 6. The Kier molecular flexibility index (Phi) is 57.7. The molecule has 0 saturated carbocycles. The molecular weight excluding hydrogens is 877 g/mol. The van der Waals surface area contributed by atoms with Crippen molar-refractivity contribution in [3.8, 4) is 0 Å². The molecule has 1 unspecified atom stereocenters. The van der Waals surface area contributed by atoms with Crippen LogP contribution in [0.25, 0.3) is 0 Å². The maximum atomic E-state index is 12.9. The van der Waals surface area contributed by atoms with Gasteiger partial charge in [0.05, 0.1) is 0 Å². The zero-order valence-corrected chi connectivity index (χ0v) is 47.5. The molecule has 0 aliphatic carbocycles. The molecule has 0 spiro atoms. The first-order valence-electron chi connectivity index (χ1n) is 31.1. The summed E-state index contributed by atoms with van der Waals surface area (Å²) in [6.07, 6.45) is 73.9. The number of carbonyl (C=O) groups is 3. The Balaban J connectivity index is 4.32. The maximum absolute atomic E-state index is 12.9. The van der Waals surface area contributed by atoms with Gasteiger partial charge in [0.1, 0.15) is 13.2 Å². The first-order chi connectivity index (χ1) is 35.0. The molecule has 0 aromatic carbocycles. The molecule has 0 fully saturated rings. The molecule has 0 aliphatic rings. The number of allylic oxidation sites excluding steroid dienone is 8. The molecule has 0 aromatic rings. The molecule has 0 bridgehead atoms. The van der Waals surface area contributed by atoms with Gasteiger partial charge in [-0.1, -0.05) is 275 Å². The third-order valence-electron chi connectivity index (χ3n) is 13.8. The van der Waals surface area contributed by atoms with Gasteiger partial charge in [-0.25, -0.2) is 0 Å². The summed E-state index contributed by atoms with van der Waals surface area (Å²) >= 11 is 0. The predicted octanol–water partition coefficient (Wildman–Crippen LogP) is 21.0. The van der Waals surface area contributed by atoms with Gasteiger partial charge in [-0.2, -0.15) is 0 Å². The van der Waals surface area contributed by atoms with E-state index >= 15 is 0 Å². The molecule has 0 rings (SSSR count). The monoisotopic (exact) mass is 995 g/mol. The van der Waals surface area contributed by atoms with Crippen LogP contribution in [0, 0.1) is 0 Å². The minimum absolute atomic E-state index is 0.0738. The molecule has 71 heavy (non-hydrogen) atoms. The first kappa shape index (κ1) is 68.4. The highest BCUT2D eigenvalue weighted by molar-refractivity contribution is 5.71. The second-order valence-electron chi connectivity index (χ2n) is 21.0. The maximum Gasteiger partial charge on any atom is 0.306 e. The van der Waals surface area contributed by atoms with Crippen LogP contribution in [0.1, 0.15) is 329 Å². The lowest BCUT2D eigenvalue weighted by Gasteiger charge is -2.18. The molecule has 0 heterocycles. The van der Waals surface area contributed by atoms with Crippen molar-refractivity contribution in [2.24, 2.45) is 0 Å². The van der Waals surface area contributed by atoms with Crippen LogP contribution in [0.15, 0.2) is 48.6 Å². The van der Waals surface area contributed by atoms with Crippen molar-refractivity contribution in [2.75, 3.05) is 13.2 Å². The minimum Gasteiger partial charge on any atom is -0.462 e. The quantitative estimate of drug-likeness (QED) is 0.0261. The first-order valence-corrected chi connectivity index (χ1v) is 31.1. The van der Waals surface area contributed by atoms with Crippen molar-refractivity contribution in [2.45, 2.75) is 335 Å². The van der Waals surface area contributed by atoms with Crippen LogP contribution in [0.2, 0.25) is 0 Å². The van der Waals surface area contributed by atoms with Crippen molar-refractivity contribution in [3.63, 3.8) is 0 Å². The third-order valence-corrected chi connectivity index (χ3v) is 13.8. The molecule has 0 amide bonds. The largest absolute Gasteiger partial charge is 0.462 e. The predicted molar refractivity (Wildman–Crippen MR) is 307 cm³/mol. The smallest absolute Gasteiger partial charge is 0.306 e. The fourth-order valence-electron chi connectivity index (χ4n) is 9.09. The molecule has 1 atom stereocenters. The number of esters is 3. The highest BCUT2D eigenvalue weighted by Gasteiger charge is 2.19. The fourth-order valence-corrected chi connectivity index (χ4v) is 9.09. The highest BCUT2D eigenvalue weighted by atomic mass is 16.6. The van der Waals surface area contributed by atoms with E-state index in [4.69, 9.17) is 14.2 Å². The van der Waals surface area contributed by atoms with Crippen LogP contribution in [0.4, 0.5) is 0 Å². The van der Waals surface area contributed by atoms with Crippen LogP contribution in [-0.4, -0.2) is 37.2 Å². The van der Waals surface area contributed by atoms with E-state index in [0.717, 1.165) is 77.0 Å². The van der Waals surface area contributed by atoms with Crippen molar-refractivity contribution in [1.29, 1.82) is 0 Å². The lowest BCUT2D eigenvalue weighted by molar-refractivity contribution is -0.167. The number of rotatable bonds is 57. The van der Waals surface area contributed by atoms with Crippen LogP contribution >= 0.6 is 0 Å². The molecule has 0 aromatic heterocycles. The van der Waals surface area contributed by atoms with Gasteiger partial charge < -0.3 is 14.2 Å². The van der Waals surface area contributed by atoms with E-state index in [-0.39, 0.29) is 31.1 Å². The lowest BCUT2D eigenvalue weighted by Crippen LogP contribution is -2.30. The van der Waals surface area contributed by atoms with Crippen molar-refractivity contribution in [3.05, 3.63) is 48.6 Å². The molecule has 6 heteroatoms. The normalized spacial score (nSPS) is 12.3. The molecule has 0 N–H and O–H groups in total. The van der Waals surface area contributed by atoms with Crippen molar-refractivity contribution in [1.82, 2.24) is 0 Å². The summed E-state index contributed by atoms with van der Waals surface area (Å²) in [4.78, 5) is 38.2. The minimum atomic E-state index is -0.777. The van der Waals surface area contributed by atoms with E-state index < -0.39 is 6.10 Å². The fraction of sp³-hybridized carbons (Fsp3) is 0.831. The van der Waals surface area contributed by atoms with Crippen molar-refractivity contribution >= 4 is 17.9 Å². The Morgan fingerprint density at radius 3 is 0.803 bits per heavy atom. The average molecular weight is 996 g/mol. The van der Waals surface area contributed by atoms with Gasteiger partial charge in [0.2, 0.25) is 0 Å². The molecule has 414 valence electrons. The van der Waals surface area contributed by atoms with Crippen molar-refractivity contribution < 1.29 is 28.6 Å². The average Bonchev–Trinajstić information content (AvgIpc) is 3.37. The number of unbranched alkanes of at least 4 members (excludes halogenated alkanes) is 38. The summed E-state index contributed by atoms with van der Waals surface area (Å²) in [6.45, 7) is 6.66. The van der Waals surface area contributed by atoms with Gasteiger partial charge in [-0.3, -0.25) is 14.4 Å². The topological polar surface area (TPSA) is 78.9 Å². The number of hydrogen-bond donors (Lipinski definition) is 0. The summed E-state index contributed by atoms with van der Waals surface area (Å²) in [7, 11) is 0. The van der Waals surface area contributed by atoms with E-state index in [9.17, 15) is 14.4 Å². The molecule has 0 saturated heterocycles. The van der Waals surface area contributed by atoms with Crippen LogP contribution in [-0.2, 0) is 28.6 Å². The highest BCUT2D eigenvalue weighted by Crippen LogP contribution is 2.16. The van der Waals surface area contributed by atoms with Gasteiger partial charge in [-0.15, -0.1) is 0 Å². The molecular formula is C65H118O6. The van der Waals surface area contributed by atoms with E-state index in [2.05, 4.69) is 69.4 Å². The second-order valence-corrected chi connectivity index (χ2v) is 21.0. The van der Waals surface area contributed by atoms with E-state index in [0.29, 0.717) is 19.3 Å². The summed E-state index contributed by atoms with van der Waals surface area (Å²) in [5.74, 6) is -0.868. The summed E-state index contributed by atoms with van der Waals surface area (Å²) in [5, 5.41) is 0. The second kappa shape index (κ2) is 59.9. The summed E-state index contributed by atoms with van der Waals surface area (Å²) < 4.78 is 16.9. The van der Waals surface area contributed by atoms with Crippen LogP contribution in [0.5, 0.6) is 0 Å². The van der Waals surface area contributed by atoms with Gasteiger partial charge in [-0.05, 0) is 83.5 Å². The molecule has 0 radical (unpaired) electrons. The number of carbonyl (C=O) groups excluding carboxylic acids is 3. The van der Waals surface area contributed by atoms with E-state index in [1.807, 2.05) is 0 Å². The Hall–Kier alpha value is -2.63. The standard InChI is InChI=1S/C65H118O6/c1-4-7-10-13-16-19-22-25-27-29-30-31-32-33-34-36-37-40-43-46-49-52-55-58-64(67)70-61-62(60-69-63(66)57-54-51-48-45-42-39-24-21-18-15-12-9-6-3)71-65(68)59-56-53-50-47-44-41-38-35-28-26-23-20-17-14-11-8-5-2/h22,25-26,28-30,32-33,62H,4-21,23-24,27,31,34-61H2,1-3H3/b25-22-,28-26-,30-29-,33-32-. The van der Waals surface area contributed by atoms with Crippen LogP contribution < -0.4 is 0 Å².